The van der Waals surface area contributed by atoms with E-state index in [0.717, 1.165) is 6.42 Å². The van der Waals surface area contributed by atoms with Gasteiger partial charge in [0.2, 0.25) is 0 Å². The number of nitrogens with zero attached hydrogens (tertiary/aromatic N) is 1. The van der Waals surface area contributed by atoms with E-state index >= 15 is 0 Å². The zero-order valence-corrected chi connectivity index (χ0v) is 16.6. The molecule has 150 valence electrons. The van der Waals surface area contributed by atoms with Crippen LogP contribution in [0.4, 0.5) is 10.5 Å². The van der Waals surface area contributed by atoms with Crippen LogP contribution in [0.1, 0.15) is 58.3 Å². The van der Waals surface area contributed by atoms with Crippen molar-refractivity contribution in [2.45, 2.75) is 65.7 Å². The molecular formula is C19H28N2O6. The smallest absolute Gasteiger partial charge is 0.407 e. The minimum absolute atomic E-state index is 0.0167. The summed E-state index contributed by atoms with van der Waals surface area (Å²) in [7, 11) is 0. The summed E-state index contributed by atoms with van der Waals surface area (Å²) in [5.41, 5.74) is -0.533. The van der Waals surface area contributed by atoms with Gasteiger partial charge in [-0.1, -0.05) is 13.8 Å². The van der Waals surface area contributed by atoms with E-state index in [1.807, 2.05) is 13.8 Å². The summed E-state index contributed by atoms with van der Waals surface area (Å²) in [4.78, 5) is 34.6. The van der Waals surface area contributed by atoms with Gasteiger partial charge in [-0.25, -0.2) is 9.59 Å². The van der Waals surface area contributed by atoms with Crippen molar-refractivity contribution < 1.29 is 24.0 Å². The second-order valence-corrected chi connectivity index (χ2v) is 7.49. The third-order valence-corrected chi connectivity index (χ3v) is 4.00. The van der Waals surface area contributed by atoms with E-state index in [9.17, 15) is 19.7 Å². The molecule has 3 unspecified atom stereocenters. The average Bonchev–Trinajstić information content (AvgIpc) is 2.56. The normalized spacial score (nSPS) is 14.6. The summed E-state index contributed by atoms with van der Waals surface area (Å²) < 4.78 is 10.8. The Kier molecular flexibility index (Phi) is 7.75. The first-order valence-electron chi connectivity index (χ1n) is 8.89. The third-order valence-electron chi connectivity index (χ3n) is 4.00. The lowest BCUT2D eigenvalue weighted by Crippen LogP contribution is -2.47. The van der Waals surface area contributed by atoms with Crippen molar-refractivity contribution in [1.82, 2.24) is 5.32 Å². The molecule has 3 atom stereocenters. The molecule has 1 amide bonds. The number of hydrogen-bond acceptors (Lipinski definition) is 6. The number of alkyl carbamates (subject to hydrolysis) is 1. The van der Waals surface area contributed by atoms with Gasteiger partial charge in [0.1, 0.15) is 11.7 Å². The molecule has 1 aromatic carbocycles. The molecule has 0 aromatic heterocycles. The summed E-state index contributed by atoms with van der Waals surface area (Å²) in [6.07, 6.45) is -0.432. The minimum Gasteiger partial charge on any atom is -0.456 e. The molecule has 0 bridgehead atoms. The van der Waals surface area contributed by atoms with Crippen LogP contribution >= 0.6 is 0 Å². The maximum absolute atomic E-state index is 12.4. The van der Waals surface area contributed by atoms with Crippen molar-refractivity contribution >= 4 is 17.7 Å². The van der Waals surface area contributed by atoms with Crippen LogP contribution in [0.25, 0.3) is 0 Å². The molecular weight excluding hydrogens is 352 g/mol. The van der Waals surface area contributed by atoms with Crippen molar-refractivity contribution in [3.05, 3.63) is 39.9 Å². The topological polar surface area (TPSA) is 108 Å². The van der Waals surface area contributed by atoms with Crippen molar-refractivity contribution in [1.29, 1.82) is 0 Å². The van der Waals surface area contributed by atoms with Gasteiger partial charge in [0.05, 0.1) is 16.5 Å². The van der Waals surface area contributed by atoms with Gasteiger partial charge in [0.25, 0.3) is 5.69 Å². The van der Waals surface area contributed by atoms with Gasteiger partial charge in [0.15, 0.2) is 0 Å². The van der Waals surface area contributed by atoms with Gasteiger partial charge in [-0.2, -0.15) is 0 Å². The molecule has 1 aromatic rings. The number of carbonyl (C=O) groups is 2. The molecule has 0 spiro atoms. The highest BCUT2D eigenvalue weighted by Gasteiger charge is 2.29. The van der Waals surface area contributed by atoms with Crippen LogP contribution in [0.15, 0.2) is 24.3 Å². The molecule has 8 nitrogen and oxygen atoms in total. The monoisotopic (exact) mass is 380 g/mol. The van der Waals surface area contributed by atoms with E-state index in [4.69, 9.17) is 9.47 Å². The zero-order valence-electron chi connectivity index (χ0n) is 16.6. The number of nitro benzene ring substituents is 1. The maximum atomic E-state index is 12.4. The van der Waals surface area contributed by atoms with E-state index in [1.54, 1.807) is 27.7 Å². The molecule has 0 aliphatic heterocycles. The number of hydrogen-bond donors (Lipinski definition) is 1. The first kappa shape index (κ1) is 22.4. The summed E-state index contributed by atoms with van der Waals surface area (Å²) >= 11 is 0. The third kappa shape index (κ3) is 7.24. The van der Waals surface area contributed by atoms with E-state index in [-0.39, 0.29) is 17.2 Å². The van der Waals surface area contributed by atoms with Crippen molar-refractivity contribution in [2.24, 2.45) is 5.92 Å². The van der Waals surface area contributed by atoms with Crippen LogP contribution in [-0.2, 0) is 9.47 Å². The summed E-state index contributed by atoms with van der Waals surface area (Å²) in [6, 6.07) is 4.71. The second kappa shape index (κ2) is 9.34. The summed E-state index contributed by atoms with van der Waals surface area (Å²) in [6.45, 7) is 10.9. The SMILES string of the molecule is CCC(C)C(OC(=O)c1ccc([N+](=O)[O-])cc1)C(C)NC(=O)OC(C)(C)C. The molecule has 0 saturated carbocycles. The van der Waals surface area contributed by atoms with Crippen LogP contribution in [-0.4, -0.2) is 34.7 Å². The van der Waals surface area contributed by atoms with E-state index < -0.39 is 34.7 Å². The Bertz CT molecular complexity index is 666. The quantitative estimate of drug-likeness (QED) is 0.434. The predicted molar refractivity (Wildman–Crippen MR) is 101 cm³/mol. The number of nitrogens with one attached hydrogen (secondary N) is 1. The predicted octanol–water partition coefficient (Wildman–Crippen LogP) is 4.08. The molecule has 0 radical (unpaired) electrons. The molecule has 0 heterocycles. The van der Waals surface area contributed by atoms with Crippen molar-refractivity contribution in [2.75, 3.05) is 0 Å². The number of rotatable bonds is 7. The van der Waals surface area contributed by atoms with Gasteiger partial charge in [-0.3, -0.25) is 10.1 Å². The van der Waals surface area contributed by atoms with E-state index in [2.05, 4.69) is 5.32 Å². The van der Waals surface area contributed by atoms with Crippen LogP contribution in [0.5, 0.6) is 0 Å². The van der Waals surface area contributed by atoms with Crippen LogP contribution in [0.2, 0.25) is 0 Å². The van der Waals surface area contributed by atoms with Gasteiger partial charge >= 0.3 is 12.1 Å². The molecule has 27 heavy (non-hydrogen) atoms. The number of carbonyl (C=O) groups excluding carboxylic acids is 2. The molecule has 1 rings (SSSR count). The number of nitro groups is 1. The Hall–Kier alpha value is -2.64. The first-order chi connectivity index (χ1) is 12.4. The Morgan fingerprint density at radius 1 is 1.19 bits per heavy atom. The fourth-order valence-corrected chi connectivity index (χ4v) is 2.43. The number of ether oxygens (including phenoxy) is 2. The van der Waals surface area contributed by atoms with Crippen molar-refractivity contribution in [3.63, 3.8) is 0 Å². The van der Waals surface area contributed by atoms with Crippen molar-refractivity contribution in [3.8, 4) is 0 Å². The number of non-ortho nitro benzene ring substituents is 1. The molecule has 8 heteroatoms. The maximum Gasteiger partial charge on any atom is 0.407 e. The molecule has 0 aliphatic rings. The van der Waals surface area contributed by atoms with Crippen LogP contribution < -0.4 is 5.32 Å². The van der Waals surface area contributed by atoms with E-state index in [0.29, 0.717) is 0 Å². The Labute approximate surface area is 159 Å². The second-order valence-electron chi connectivity index (χ2n) is 7.49. The average molecular weight is 380 g/mol. The highest BCUT2D eigenvalue weighted by molar-refractivity contribution is 5.89. The highest BCUT2D eigenvalue weighted by atomic mass is 16.6. The van der Waals surface area contributed by atoms with E-state index in [1.165, 1.54) is 24.3 Å². The molecule has 0 fully saturated rings. The fourth-order valence-electron chi connectivity index (χ4n) is 2.43. The summed E-state index contributed by atoms with van der Waals surface area (Å²) in [5.74, 6) is -0.620. The number of benzene rings is 1. The molecule has 0 aliphatic carbocycles. The lowest BCUT2D eigenvalue weighted by Gasteiger charge is -2.30. The Morgan fingerprint density at radius 2 is 1.74 bits per heavy atom. The lowest BCUT2D eigenvalue weighted by molar-refractivity contribution is -0.384. The first-order valence-corrected chi connectivity index (χ1v) is 8.89. The van der Waals surface area contributed by atoms with Gasteiger partial charge < -0.3 is 14.8 Å². The fraction of sp³-hybridized carbons (Fsp3) is 0.579. The molecule has 1 N–H and O–H groups in total. The molecule has 0 saturated heterocycles. The number of amides is 1. The lowest BCUT2D eigenvalue weighted by atomic mass is 9.96. The standard InChI is InChI=1S/C19H28N2O6/c1-7-12(2)16(13(3)20-18(23)27-19(4,5)6)26-17(22)14-8-10-15(11-9-14)21(24)25/h8-13,16H,7H2,1-6H3,(H,20,23). The van der Waals surface area contributed by atoms with Gasteiger partial charge in [0, 0.05) is 12.1 Å². The van der Waals surface area contributed by atoms with Gasteiger partial charge in [-0.05, 0) is 52.2 Å². The largest absolute Gasteiger partial charge is 0.456 e. The van der Waals surface area contributed by atoms with Gasteiger partial charge in [-0.15, -0.1) is 0 Å². The Morgan fingerprint density at radius 3 is 2.19 bits per heavy atom. The zero-order chi connectivity index (χ0) is 20.8. The summed E-state index contributed by atoms with van der Waals surface area (Å²) in [5, 5.41) is 13.4. The minimum atomic E-state index is -0.634. The highest BCUT2D eigenvalue weighted by Crippen LogP contribution is 2.19. The van der Waals surface area contributed by atoms with Crippen LogP contribution in [0.3, 0.4) is 0 Å². The number of esters is 1. The van der Waals surface area contributed by atoms with Crippen LogP contribution in [0, 0.1) is 16.0 Å². The Balaban J connectivity index is 2.85.